The van der Waals surface area contributed by atoms with E-state index in [4.69, 9.17) is 9.47 Å². The van der Waals surface area contributed by atoms with E-state index in [2.05, 4.69) is 13.8 Å². The molecule has 24 heavy (non-hydrogen) atoms. The second-order valence-corrected chi connectivity index (χ2v) is 7.79. The Morgan fingerprint density at radius 1 is 1.17 bits per heavy atom. The third-order valence-corrected chi connectivity index (χ3v) is 6.25. The first-order valence-corrected chi connectivity index (χ1v) is 8.77. The van der Waals surface area contributed by atoms with Gasteiger partial charge in [-0.05, 0) is 49.0 Å². The number of allylic oxidation sites excluding steroid dienone is 2. The van der Waals surface area contributed by atoms with Gasteiger partial charge < -0.3 is 9.47 Å². The van der Waals surface area contributed by atoms with Crippen LogP contribution >= 0.6 is 0 Å². The molecule has 0 unspecified atom stereocenters. The number of hydrogen-bond donors (Lipinski definition) is 0. The highest BCUT2D eigenvalue weighted by atomic mass is 16.5. The minimum absolute atomic E-state index is 0.205. The monoisotopic (exact) mass is 334 g/mol. The Morgan fingerprint density at radius 2 is 1.75 bits per heavy atom. The van der Waals surface area contributed by atoms with Gasteiger partial charge in [-0.1, -0.05) is 12.5 Å². The third kappa shape index (κ3) is 2.68. The SMILES string of the molecule is CC(=O)OCC1(COC(C)=O)[C@H]2[C@H]3C(=C(C)CC[C@H]21)C(=O)C[C@H]3C. The molecule has 0 spiro atoms. The Bertz CT molecular complexity index is 599. The number of esters is 2. The average molecular weight is 334 g/mol. The number of Topliss-reactive ketones (excluding diaryl/α,β-unsaturated/α-hetero) is 1. The molecule has 0 aromatic heterocycles. The van der Waals surface area contributed by atoms with Crippen molar-refractivity contribution in [1.82, 2.24) is 0 Å². The molecule has 0 aromatic rings. The highest BCUT2D eigenvalue weighted by Crippen LogP contribution is 2.69. The minimum Gasteiger partial charge on any atom is -0.465 e. The van der Waals surface area contributed by atoms with Gasteiger partial charge in [0.05, 0.1) is 0 Å². The van der Waals surface area contributed by atoms with Crippen molar-refractivity contribution in [3.05, 3.63) is 11.1 Å². The van der Waals surface area contributed by atoms with Gasteiger partial charge in [0.25, 0.3) is 0 Å². The van der Waals surface area contributed by atoms with Gasteiger partial charge in [0.2, 0.25) is 0 Å². The Labute approximate surface area is 142 Å². The quantitative estimate of drug-likeness (QED) is 0.739. The lowest BCUT2D eigenvalue weighted by Gasteiger charge is -2.24. The molecule has 3 aliphatic rings. The number of rotatable bonds is 4. The van der Waals surface area contributed by atoms with E-state index < -0.39 is 0 Å². The van der Waals surface area contributed by atoms with Crippen molar-refractivity contribution in [1.29, 1.82) is 0 Å². The molecule has 0 amide bonds. The normalized spacial score (nSPS) is 33.4. The second kappa shape index (κ2) is 6.01. The summed E-state index contributed by atoms with van der Waals surface area (Å²) in [6.45, 7) is 7.54. The molecule has 0 aromatic carbocycles. The van der Waals surface area contributed by atoms with Crippen LogP contribution in [0.3, 0.4) is 0 Å². The number of carbonyl (C=O) groups excluding carboxylic acids is 3. The zero-order chi connectivity index (χ0) is 17.6. The Balaban J connectivity index is 1.91. The maximum Gasteiger partial charge on any atom is 0.302 e. The van der Waals surface area contributed by atoms with E-state index >= 15 is 0 Å². The molecule has 2 saturated carbocycles. The van der Waals surface area contributed by atoms with Gasteiger partial charge in [-0.3, -0.25) is 14.4 Å². The summed E-state index contributed by atoms with van der Waals surface area (Å²) in [6.07, 6.45) is 2.45. The van der Waals surface area contributed by atoms with Crippen LogP contribution in [0.2, 0.25) is 0 Å². The summed E-state index contributed by atoms with van der Waals surface area (Å²) in [5.41, 5.74) is 1.89. The smallest absolute Gasteiger partial charge is 0.302 e. The second-order valence-electron chi connectivity index (χ2n) is 7.79. The Hall–Kier alpha value is -1.65. The van der Waals surface area contributed by atoms with Gasteiger partial charge in [0.15, 0.2) is 5.78 Å². The van der Waals surface area contributed by atoms with E-state index in [1.165, 1.54) is 19.4 Å². The Kier molecular flexibility index (Phi) is 4.30. The first kappa shape index (κ1) is 17.2. The number of carbonyl (C=O) groups is 3. The van der Waals surface area contributed by atoms with Crippen LogP contribution in [0.5, 0.6) is 0 Å². The van der Waals surface area contributed by atoms with Crippen molar-refractivity contribution < 1.29 is 23.9 Å². The van der Waals surface area contributed by atoms with Crippen molar-refractivity contribution in [2.45, 2.75) is 47.0 Å². The van der Waals surface area contributed by atoms with E-state index in [9.17, 15) is 14.4 Å². The fourth-order valence-electron chi connectivity index (χ4n) is 5.17. The lowest BCUT2D eigenvalue weighted by atomic mass is 9.84. The van der Waals surface area contributed by atoms with Gasteiger partial charge >= 0.3 is 11.9 Å². The topological polar surface area (TPSA) is 69.7 Å². The highest BCUT2D eigenvalue weighted by molar-refractivity contribution is 5.99. The fourth-order valence-corrected chi connectivity index (χ4v) is 5.17. The lowest BCUT2D eigenvalue weighted by Crippen LogP contribution is -2.27. The van der Waals surface area contributed by atoms with Crippen molar-refractivity contribution in [2.75, 3.05) is 13.2 Å². The van der Waals surface area contributed by atoms with Crippen LogP contribution in [0.25, 0.3) is 0 Å². The predicted octanol–water partition coefficient (Wildman–Crippen LogP) is 2.68. The first-order valence-electron chi connectivity index (χ1n) is 8.77. The number of ketones is 1. The number of hydrogen-bond acceptors (Lipinski definition) is 5. The fraction of sp³-hybridized carbons (Fsp3) is 0.737. The summed E-state index contributed by atoms with van der Waals surface area (Å²) < 4.78 is 10.7. The molecule has 132 valence electrons. The molecule has 0 bridgehead atoms. The average Bonchev–Trinajstić information content (AvgIpc) is 3.05. The zero-order valence-corrected chi connectivity index (χ0v) is 14.9. The summed E-state index contributed by atoms with van der Waals surface area (Å²) in [5.74, 6) is 0.724. The van der Waals surface area contributed by atoms with Gasteiger partial charge in [0, 0.05) is 25.7 Å². The third-order valence-electron chi connectivity index (χ3n) is 6.25. The van der Waals surface area contributed by atoms with Gasteiger partial charge in [-0.25, -0.2) is 0 Å². The van der Waals surface area contributed by atoms with Crippen molar-refractivity contribution in [2.24, 2.45) is 29.1 Å². The van der Waals surface area contributed by atoms with Crippen LogP contribution in [-0.2, 0) is 23.9 Å². The molecule has 0 N–H and O–H groups in total. The maximum absolute atomic E-state index is 12.5. The van der Waals surface area contributed by atoms with Crippen LogP contribution in [0.1, 0.15) is 47.0 Å². The summed E-state index contributed by atoms with van der Waals surface area (Å²) in [7, 11) is 0. The highest BCUT2D eigenvalue weighted by Gasteiger charge is 2.70. The molecular formula is C19H26O5. The molecule has 3 rings (SSSR count). The largest absolute Gasteiger partial charge is 0.465 e. The molecule has 5 heteroatoms. The van der Waals surface area contributed by atoms with E-state index in [1.807, 2.05) is 0 Å². The van der Waals surface area contributed by atoms with Crippen LogP contribution in [0.15, 0.2) is 11.1 Å². The summed E-state index contributed by atoms with van der Waals surface area (Å²) >= 11 is 0. The van der Waals surface area contributed by atoms with Gasteiger partial charge in [0.1, 0.15) is 13.2 Å². The summed E-state index contributed by atoms with van der Waals surface area (Å²) in [4.78, 5) is 35.1. The number of ether oxygens (including phenoxy) is 2. The van der Waals surface area contributed by atoms with Crippen LogP contribution in [0, 0.1) is 29.1 Å². The van der Waals surface area contributed by atoms with E-state index in [0.29, 0.717) is 18.3 Å². The predicted molar refractivity (Wildman–Crippen MR) is 86.9 cm³/mol. The van der Waals surface area contributed by atoms with E-state index in [0.717, 1.165) is 18.4 Å². The molecule has 0 aliphatic heterocycles. The van der Waals surface area contributed by atoms with Crippen molar-refractivity contribution in [3.63, 3.8) is 0 Å². The molecule has 0 saturated heterocycles. The number of fused-ring (bicyclic) bond motifs is 3. The standard InChI is InChI=1S/C19H26O5/c1-10-5-6-14-18(17-11(2)7-15(22)16(10)17)19(14,8-23-12(3)20)9-24-13(4)21/h11,14,17-18H,5-9H2,1-4H3/t11-,14-,17-,18-/m1/s1. The molecule has 3 aliphatic carbocycles. The lowest BCUT2D eigenvalue weighted by molar-refractivity contribution is -0.148. The molecule has 5 nitrogen and oxygen atoms in total. The van der Waals surface area contributed by atoms with Crippen LogP contribution in [0.4, 0.5) is 0 Å². The summed E-state index contributed by atoms with van der Waals surface area (Å²) in [5, 5.41) is 0. The minimum atomic E-state index is -0.327. The van der Waals surface area contributed by atoms with E-state index in [-0.39, 0.29) is 48.2 Å². The summed E-state index contributed by atoms with van der Waals surface area (Å²) in [6, 6.07) is 0. The van der Waals surface area contributed by atoms with Gasteiger partial charge in [-0.2, -0.15) is 0 Å². The van der Waals surface area contributed by atoms with Crippen molar-refractivity contribution >= 4 is 17.7 Å². The van der Waals surface area contributed by atoms with Crippen LogP contribution in [-0.4, -0.2) is 30.9 Å². The van der Waals surface area contributed by atoms with Crippen molar-refractivity contribution in [3.8, 4) is 0 Å². The maximum atomic E-state index is 12.5. The molecule has 2 fully saturated rings. The molecule has 4 atom stereocenters. The first-order chi connectivity index (χ1) is 11.3. The molecule has 0 radical (unpaired) electrons. The zero-order valence-electron chi connectivity index (χ0n) is 14.9. The van der Waals surface area contributed by atoms with E-state index in [1.54, 1.807) is 0 Å². The van der Waals surface area contributed by atoms with Gasteiger partial charge in [-0.15, -0.1) is 0 Å². The Morgan fingerprint density at radius 3 is 2.29 bits per heavy atom. The van der Waals surface area contributed by atoms with Crippen LogP contribution < -0.4 is 0 Å². The molecule has 0 heterocycles. The molecular weight excluding hydrogens is 308 g/mol.